The number of Topliss-reactive ketones (excluding diaryl/α,β-unsaturated/α-hetero) is 1. The third-order valence-electron chi connectivity index (χ3n) is 2.56. The lowest BCUT2D eigenvalue weighted by atomic mass is 10.0. The highest BCUT2D eigenvalue weighted by Gasteiger charge is 2.14. The van der Waals surface area contributed by atoms with Crippen LogP contribution in [0, 0.1) is 5.82 Å². The van der Waals surface area contributed by atoms with Gasteiger partial charge in [-0.15, -0.1) is 0 Å². The van der Waals surface area contributed by atoms with Gasteiger partial charge in [0.1, 0.15) is 5.82 Å². The summed E-state index contributed by atoms with van der Waals surface area (Å²) in [6.45, 7) is 0. The van der Waals surface area contributed by atoms with Gasteiger partial charge < -0.3 is 0 Å². The van der Waals surface area contributed by atoms with Crippen molar-refractivity contribution in [1.82, 2.24) is 0 Å². The van der Waals surface area contributed by atoms with Gasteiger partial charge in [-0.25, -0.2) is 4.39 Å². The van der Waals surface area contributed by atoms with Crippen molar-refractivity contribution in [2.45, 2.75) is 6.42 Å². The predicted octanol–water partition coefficient (Wildman–Crippen LogP) is 4.56. The zero-order valence-electron chi connectivity index (χ0n) is 9.29. The van der Waals surface area contributed by atoms with E-state index in [0.29, 0.717) is 15.6 Å². The van der Waals surface area contributed by atoms with Crippen molar-refractivity contribution >= 4 is 29.0 Å². The van der Waals surface area contributed by atoms with Crippen LogP contribution in [0.1, 0.15) is 15.9 Å². The topological polar surface area (TPSA) is 17.1 Å². The van der Waals surface area contributed by atoms with E-state index in [1.807, 2.05) is 0 Å². The Kier molecular flexibility index (Phi) is 4.00. The molecule has 0 aromatic heterocycles. The molecular weight excluding hydrogens is 274 g/mol. The lowest BCUT2D eigenvalue weighted by Crippen LogP contribution is -2.06. The lowest BCUT2D eigenvalue weighted by Gasteiger charge is -2.06. The Bertz CT molecular complexity index is 596. The number of ketones is 1. The number of carbonyl (C=O) groups excluding carboxylic acids is 1. The van der Waals surface area contributed by atoms with Crippen LogP contribution in [-0.4, -0.2) is 5.78 Å². The van der Waals surface area contributed by atoms with E-state index in [1.165, 1.54) is 12.1 Å². The molecule has 1 nitrogen and oxygen atoms in total. The number of carbonyl (C=O) groups is 1. The zero-order chi connectivity index (χ0) is 13.1. The van der Waals surface area contributed by atoms with Crippen LogP contribution in [0.4, 0.5) is 4.39 Å². The number of halogens is 3. The zero-order valence-corrected chi connectivity index (χ0v) is 10.8. The molecule has 18 heavy (non-hydrogen) atoms. The van der Waals surface area contributed by atoms with Crippen molar-refractivity contribution in [2.24, 2.45) is 0 Å². The first-order valence-corrected chi connectivity index (χ1v) is 6.06. The Balaban J connectivity index is 2.27. The van der Waals surface area contributed by atoms with Crippen LogP contribution in [0.15, 0.2) is 42.5 Å². The van der Waals surface area contributed by atoms with E-state index in [2.05, 4.69) is 0 Å². The second-order valence-electron chi connectivity index (χ2n) is 3.79. The number of benzene rings is 2. The van der Waals surface area contributed by atoms with Crippen molar-refractivity contribution in [1.29, 1.82) is 0 Å². The SMILES string of the molecule is O=C(Cc1cccc(Cl)c1Cl)c1ccccc1F. The first-order chi connectivity index (χ1) is 8.59. The number of rotatable bonds is 3. The third-order valence-corrected chi connectivity index (χ3v) is 3.41. The first-order valence-electron chi connectivity index (χ1n) is 5.30. The highest BCUT2D eigenvalue weighted by atomic mass is 35.5. The normalized spacial score (nSPS) is 10.4. The van der Waals surface area contributed by atoms with E-state index in [0.717, 1.165) is 0 Å². The standard InChI is InChI=1S/C14H9Cl2FO/c15-11-6-3-4-9(14(11)16)8-13(18)10-5-1-2-7-12(10)17/h1-7H,8H2. The summed E-state index contributed by atoms with van der Waals surface area (Å²) in [5.74, 6) is -0.849. The molecule has 2 aromatic rings. The summed E-state index contributed by atoms with van der Waals surface area (Å²) in [5, 5.41) is 0.722. The van der Waals surface area contributed by atoms with E-state index in [1.54, 1.807) is 30.3 Å². The molecule has 0 amide bonds. The van der Waals surface area contributed by atoms with Gasteiger partial charge in [0.05, 0.1) is 15.6 Å². The van der Waals surface area contributed by atoms with Gasteiger partial charge in [-0.05, 0) is 23.8 Å². The Morgan fingerprint density at radius 2 is 1.78 bits per heavy atom. The molecule has 0 radical (unpaired) electrons. The van der Waals surface area contributed by atoms with Crippen molar-refractivity contribution in [3.8, 4) is 0 Å². The second-order valence-corrected chi connectivity index (χ2v) is 4.58. The molecule has 0 aliphatic heterocycles. The molecule has 0 N–H and O–H groups in total. The van der Waals surface area contributed by atoms with E-state index in [4.69, 9.17) is 23.2 Å². The third kappa shape index (κ3) is 2.71. The Morgan fingerprint density at radius 1 is 1.06 bits per heavy atom. The fourth-order valence-electron chi connectivity index (χ4n) is 1.64. The van der Waals surface area contributed by atoms with Crippen LogP contribution in [-0.2, 0) is 6.42 Å². The van der Waals surface area contributed by atoms with Gasteiger partial charge in [-0.1, -0.05) is 47.5 Å². The highest BCUT2D eigenvalue weighted by Crippen LogP contribution is 2.26. The van der Waals surface area contributed by atoms with E-state index < -0.39 is 5.82 Å². The molecule has 92 valence electrons. The number of hydrogen-bond donors (Lipinski definition) is 0. The van der Waals surface area contributed by atoms with Gasteiger partial charge in [-0.3, -0.25) is 4.79 Å². The van der Waals surface area contributed by atoms with Crippen LogP contribution in [0.5, 0.6) is 0 Å². The molecule has 0 spiro atoms. The molecule has 0 saturated carbocycles. The fraction of sp³-hybridized carbons (Fsp3) is 0.0714. The summed E-state index contributed by atoms with van der Waals surface area (Å²) in [7, 11) is 0. The van der Waals surface area contributed by atoms with Gasteiger partial charge in [0, 0.05) is 6.42 Å². The molecule has 0 aliphatic carbocycles. The minimum absolute atomic E-state index is 0.0281. The van der Waals surface area contributed by atoms with Crippen LogP contribution < -0.4 is 0 Å². The minimum Gasteiger partial charge on any atom is -0.294 e. The first kappa shape index (κ1) is 13.1. The van der Waals surface area contributed by atoms with Crippen molar-refractivity contribution in [2.75, 3.05) is 0 Å². The largest absolute Gasteiger partial charge is 0.294 e. The second kappa shape index (κ2) is 5.51. The maximum absolute atomic E-state index is 13.4. The molecule has 0 atom stereocenters. The van der Waals surface area contributed by atoms with Crippen molar-refractivity contribution in [3.63, 3.8) is 0 Å². The summed E-state index contributed by atoms with van der Waals surface area (Å²) >= 11 is 11.8. The van der Waals surface area contributed by atoms with Crippen molar-refractivity contribution in [3.05, 3.63) is 69.5 Å². The maximum atomic E-state index is 13.4. The molecule has 2 aromatic carbocycles. The summed E-state index contributed by atoms with van der Waals surface area (Å²) < 4.78 is 13.4. The molecule has 0 heterocycles. The summed E-state index contributed by atoms with van der Waals surface area (Å²) in [6, 6.07) is 10.9. The predicted molar refractivity (Wildman–Crippen MR) is 70.9 cm³/mol. The number of hydrogen-bond acceptors (Lipinski definition) is 1. The van der Waals surface area contributed by atoms with Gasteiger partial charge in [0.15, 0.2) is 5.78 Å². The van der Waals surface area contributed by atoms with Gasteiger partial charge in [0.2, 0.25) is 0 Å². The van der Waals surface area contributed by atoms with Gasteiger partial charge >= 0.3 is 0 Å². The summed E-state index contributed by atoms with van der Waals surface area (Å²) in [6.07, 6.45) is 0.0281. The van der Waals surface area contributed by atoms with Crippen LogP contribution >= 0.6 is 23.2 Å². The van der Waals surface area contributed by atoms with Crippen LogP contribution in [0.2, 0.25) is 10.0 Å². The fourth-order valence-corrected chi connectivity index (χ4v) is 2.03. The lowest BCUT2D eigenvalue weighted by molar-refractivity contribution is 0.0989. The Labute approximate surface area is 114 Å². The Hall–Kier alpha value is -1.38. The van der Waals surface area contributed by atoms with Gasteiger partial charge in [-0.2, -0.15) is 0 Å². The van der Waals surface area contributed by atoms with E-state index in [9.17, 15) is 9.18 Å². The van der Waals surface area contributed by atoms with E-state index in [-0.39, 0.29) is 17.8 Å². The smallest absolute Gasteiger partial charge is 0.170 e. The summed E-state index contributed by atoms with van der Waals surface area (Å²) in [4.78, 5) is 12.0. The molecular formula is C14H9Cl2FO. The molecule has 0 aliphatic rings. The average molecular weight is 283 g/mol. The molecule has 0 fully saturated rings. The van der Waals surface area contributed by atoms with E-state index >= 15 is 0 Å². The van der Waals surface area contributed by atoms with Crippen molar-refractivity contribution < 1.29 is 9.18 Å². The molecule has 0 bridgehead atoms. The maximum Gasteiger partial charge on any atom is 0.170 e. The average Bonchev–Trinajstić information content (AvgIpc) is 2.35. The molecule has 0 saturated heterocycles. The van der Waals surface area contributed by atoms with Gasteiger partial charge in [0.25, 0.3) is 0 Å². The minimum atomic E-state index is -0.527. The Morgan fingerprint density at radius 3 is 2.50 bits per heavy atom. The molecule has 0 unspecified atom stereocenters. The van der Waals surface area contributed by atoms with Crippen LogP contribution in [0.25, 0.3) is 0 Å². The van der Waals surface area contributed by atoms with Crippen LogP contribution in [0.3, 0.4) is 0 Å². The molecule has 4 heteroatoms. The summed E-state index contributed by atoms with van der Waals surface area (Å²) in [5.41, 5.74) is 0.658. The quantitative estimate of drug-likeness (QED) is 0.755. The highest BCUT2D eigenvalue weighted by molar-refractivity contribution is 6.42. The molecule has 2 rings (SSSR count). The monoisotopic (exact) mass is 282 g/mol.